The quantitative estimate of drug-likeness (QED) is 0.323. The van der Waals surface area contributed by atoms with Crippen LogP contribution in [0.3, 0.4) is 0 Å². The van der Waals surface area contributed by atoms with E-state index in [2.05, 4.69) is 142 Å². The molecule has 0 bridgehead atoms. The summed E-state index contributed by atoms with van der Waals surface area (Å²) in [5, 5.41) is 0. The Kier molecular flexibility index (Phi) is 9.46. The zero-order valence-electron chi connectivity index (χ0n) is 11.2. The van der Waals surface area contributed by atoms with Crippen molar-refractivity contribution in [2.24, 2.45) is 7.05 Å². The average molecular weight is 743 g/mol. The molecule has 1 aromatic heterocycles. The van der Waals surface area contributed by atoms with E-state index in [-0.39, 0.29) is 0 Å². The van der Waals surface area contributed by atoms with E-state index >= 15 is 0 Å². The summed E-state index contributed by atoms with van der Waals surface area (Å²) in [5.41, 5.74) is 1.33. The summed E-state index contributed by atoms with van der Waals surface area (Å²) in [6.07, 6.45) is 4.15. The summed E-state index contributed by atoms with van der Waals surface area (Å²) in [4.78, 5) is 0. The van der Waals surface area contributed by atoms with Crippen molar-refractivity contribution >= 4 is 61.7 Å². The van der Waals surface area contributed by atoms with Gasteiger partial charge in [-0.05, 0) is 17.7 Å². The molecule has 0 spiro atoms. The van der Waals surface area contributed by atoms with Crippen molar-refractivity contribution in [2.75, 3.05) is 0 Å². The Bertz CT molecular complexity index is 578. The maximum absolute atomic E-state index is 3.39. The van der Waals surface area contributed by atoms with Crippen LogP contribution in [-0.4, -0.2) is 10.5 Å². The van der Waals surface area contributed by atoms with Crippen LogP contribution in [0.15, 0.2) is 41.1 Å². The van der Waals surface area contributed by atoms with Crippen LogP contribution < -0.4 is 0 Å². The van der Waals surface area contributed by atoms with Crippen molar-refractivity contribution < 1.29 is 19.4 Å². The van der Waals surface area contributed by atoms with Crippen LogP contribution in [0.25, 0.3) is 0 Å². The van der Waals surface area contributed by atoms with Gasteiger partial charge in [-0.25, -0.2) is 0 Å². The number of rotatable bonds is 3. The van der Waals surface area contributed by atoms with Gasteiger partial charge in [-0.3, -0.25) is 0 Å². The standard InChI is InChI=1S/C7H6BrI2N.C6H10N2.Pt/c8-7-3-1-6(2-4-7)5-11(9)10;1-3-8-5-4-7(2)6-8;/h1-4H,5H2;4-5H,3H2,1-2H3;. The van der Waals surface area contributed by atoms with Gasteiger partial charge in [0.25, 0.3) is 0 Å². The van der Waals surface area contributed by atoms with Crippen LogP contribution in [0.2, 0.25) is 0 Å². The molecule has 0 aliphatic heterocycles. The van der Waals surface area contributed by atoms with Crippen molar-refractivity contribution in [1.29, 1.82) is 0 Å². The van der Waals surface area contributed by atoms with E-state index in [0.717, 1.165) is 17.6 Å². The van der Waals surface area contributed by atoms with Crippen LogP contribution in [0, 0.1) is 3.80 Å². The molecule has 0 atom stereocenters. The minimum absolute atomic E-state index is 0.981. The number of hydrogen-bond acceptors (Lipinski definition) is 1. The zero-order valence-corrected chi connectivity index (χ0v) is 19.3. The van der Waals surface area contributed by atoms with Gasteiger partial charge in [0.1, 0.15) is 0 Å². The Labute approximate surface area is 167 Å². The van der Waals surface area contributed by atoms with Crippen molar-refractivity contribution in [2.45, 2.75) is 20.0 Å². The monoisotopic (exact) mass is 742 g/mol. The number of aromatic nitrogens is 2. The summed E-state index contributed by atoms with van der Waals surface area (Å²) in [7, 11) is 2.05. The van der Waals surface area contributed by atoms with Gasteiger partial charge in [0.2, 0.25) is 0 Å². The van der Waals surface area contributed by atoms with E-state index in [1.54, 1.807) is 0 Å². The van der Waals surface area contributed by atoms with E-state index in [1.165, 1.54) is 9.37 Å². The topological polar surface area (TPSA) is 13.1 Å². The van der Waals surface area contributed by atoms with Gasteiger partial charge in [0.15, 0.2) is 0 Å². The van der Waals surface area contributed by atoms with E-state index in [1.807, 2.05) is 0 Å². The molecule has 0 aliphatic rings. The van der Waals surface area contributed by atoms with Gasteiger partial charge >= 0.3 is 65.2 Å². The molecule has 0 fully saturated rings. The molecular weight excluding hydrogens is 727 g/mol. The molecule has 0 N–H and O–H groups in total. The number of nitrogens with zero attached hydrogens (tertiary/aromatic N) is 3. The van der Waals surface area contributed by atoms with Crippen LogP contribution in [0.5, 0.6) is 0 Å². The maximum atomic E-state index is 3.39. The Hall–Kier alpha value is 1.02. The predicted octanol–water partition coefficient (Wildman–Crippen LogP) is 4.88. The molecule has 0 aliphatic carbocycles. The molecule has 1 heterocycles. The number of hydrogen-bond donors (Lipinski definition) is 0. The molecule has 0 saturated heterocycles. The summed E-state index contributed by atoms with van der Waals surface area (Å²) in [6.45, 7) is 4.18. The van der Waals surface area contributed by atoms with E-state index in [9.17, 15) is 0 Å². The molecule has 2 aromatic rings. The first kappa shape index (κ1) is 19.1. The van der Waals surface area contributed by atoms with Gasteiger partial charge < -0.3 is 0 Å². The predicted molar refractivity (Wildman–Crippen MR) is 100 cm³/mol. The van der Waals surface area contributed by atoms with E-state index < -0.39 is 0 Å². The Balaban J connectivity index is 0.000000204. The normalized spacial score (nSPS) is 10.4. The SMILES string of the molecule is Brc1ccc(CN(I)I)cc1.CCn1ccn(C)[c]1=[Pt]. The van der Waals surface area contributed by atoms with E-state index in [0.29, 0.717) is 0 Å². The van der Waals surface area contributed by atoms with Crippen molar-refractivity contribution in [3.05, 3.63) is 50.5 Å². The van der Waals surface area contributed by atoms with Gasteiger partial charge in [-0.2, -0.15) is 1.33 Å². The molecule has 0 amide bonds. The molecular formula is C13H16BrI2N3Pt. The average Bonchev–Trinajstić information content (AvgIpc) is 2.73. The van der Waals surface area contributed by atoms with E-state index in [4.69, 9.17) is 0 Å². The van der Waals surface area contributed by atoms with Crippen LogP contribution >= 0.6 is 61.7 Å². The molecule has 114 valence electrons. The van der Waals surface area contributed by atoms with Crippen molar-refractivity contribution in [1.82, 2.24) is 10.5 Å². The number of halogens is 3. The second-order valence-corrected chi connectivity index (χ2v) is 10.1. The fourth-order valence-electron chi connectivity index (χ4n) is 1.45. The fraction of sp³-hybridized carbons (Fsp3) is 0.308. The Morgan fingerprint density at radius 1 is 1.20 bits per heavy atom. The number of aryl methyl sites for hydroxylation is 2. The summed E-state index contributed by atoms with van der Waals surface area (Å²) in [5.74, 6) is 0. The second-order valence-electron chi connectivity index (χ2n) is 4.02. The molecule has 1 aromatic carbocycles. The molecule has 2 rings (SSSR count). The summed E-state index contributed by atoms with van der Waals surface area (Å²) >= 11 is 10.2. The Morgan fingerprint density at radius 2 is 1.80 bits per heavy atom. The van der Waals surface area contributed by atoms with Crippen molar-refractivity contribution in [3.63, 3.8) is 0 Å². The minimum atomic E-state index is 0.981. The third kappa shape index (κ3) is 6.85. The molecule has 0 saturated carbocycles. The van der Waals surface area contributed by atoms with Crippen molar-refractivity contribution in [3.8, 4) is 0 Å². The molecule has 0 unspecified atom stereocenters. The fourth-order valence-corrected chi connectivity index (χ4v) is 3.20. The first-order valence-electron chi connectivity index (χ1n) is 5.94. The molecule has 0 radical (unpaired) electrons. The van der Waals surface area contributed by atoms with Crippen LogP contribution in [0.4, 0.5) is 0 Å². The summed E-state index contributed by atoms with van der Waals surface area (Å²) in [6, 6.07) is 8.36. The summed E-state index contributed by atoms with van der Waals surface area (Å²) < 4.78 is 8.80. The third-order valence-electron chi connectivity index (χ3n) is 2.51. The first-order chi connectivity index (χ1) is 9.43. The van der Waals surface area contributed by atoms with Crippen LogP contribution in [0.1, 0.15) is 12.5 Å². The Morgan fingerprint density at radius 3 is 2.15 bits per heavy atom. The molecule has 3 nitrogen and oxygen atoms in total. The van der Waals surface area contributed by atoms with Crippen LogP contribution in [-0.2, 0) is 39.5 Å². The molecule has 7 heteroatoms. The van der Waals surface area contributed by atoms with Gasteiger partial charge in [0.05, 0.1) is 0 Å². The first-order valence-corrected chi connectivity index (χ1v) is 9.80. The molecule has 20 heavy (non-hydrogen) atoms. The zero-order chi connectivity index (χ0) is 15.1. The number of benzene rings is 1. The van der Waals surface area contributed by atoms with Gasteiger partial charge in [-0.15, -0.1) is 0 Å². The van der Waals surface area contributed by atoms with Gasteiger partial charge in [-0.1, -0.05) is 28.1 Å². The number of imidazole rings is 1. The van der Waals surface area contributed by atoms with Gasteiger partial charge in [0, 0.05) is 56.7 Å². The second kappa shape index (κ2) is 9.92. The third-order valence-corrected chi connectivity index (χ3v) is 5.18.